The molecule has 152 valence electrons. The molecule has 0 heterocycles. The van der Waals surface area contributed by atoms with E-state index in [9.17, 15) is 9.90 Å². The van der Waals surface area contributed by atoms with Gasteiger partial charge in [0, 0.05) is 10.8 Å². The van der Waals surface area contributed by atoms with Crippen molar-refractivity contribution < 1.29 is 14.6 Å². The average molecular weight is 409 g/mol. The first kappa shape index (κ1) is 21.3. The van der Waals surface area contributed by atoms with E-state index in [1.54, 1.807) is 0 Å². The molecule has 0 spiro atoms. The summed E-state index contributed by atoms with van der Waals surface area (Å²) in [5, 5.41) is 10.2. The maximum atomic E-state index is 12.4. The number of thiocarbonyl (C=S) groups is 1. The van der Waals surface area contributed by atoms with Crippen LogP contribution in [-0.2, 0) is 4.79 Å². The summed E-state index contributed by atoms with van der Waals surface area (Å²) in [6.45, 7) is 9.93. The van der Waals surface area contributed by atoms with Gasteiger partial charge in [-0.3, -0.25) is 4.79 Å². The second kappa shape index (κ2) is 7.75. The molecule has 0 amide bonds. The molecule has 1 N–H and O–H groups in total. The van der Waals surface area contributed by atoms with Crippen LogP contribution in [0.5, 0.6) is 11.5 Å². The number of para-hydroxylation sites is 1. The van der Waals surface area contributed by atoms with Crippen LogP contribution in [0.1, 0.15) is 52.5 Å². The van der Waals surface area contributed by atoms with Crippen molar-refractivity contribution >= 4 is 23.1 Å². The number of aliphatic carboxylic acids is 1. The van der Waals surface area contributed by atoms with Crippen molar-refractivity contribution in [2.75, 3.05) is 0 Å². The molecule has 0 aromatic heterocycles. The van der Waals surface area contributed by atoms with Crippen molar-refractivity contribution in [1.82, 2.24) is 0 Å². The zero-order valence-corrected chi connectivity index (χ0v) is 18.5. The highest BCUT2D eigenvalue weighted by atomic mass is 32.1. The van der Waals surface area contributed by atoms with E-state index in [0.717, 1.165) is 27.3 Å². The summed E-state index contributed by atoms with van der Waals surface area (Å²) < 4.78 is 6.00. The molecular formula is C25H28O3S. The highest BCUT2D eigenvalue weighted by molar-refractivity contribution is 7.80. The lowest BCUT2D eigenvalue weighted by Crippen LogP contribution is -2.29. The normalized spacial score (nSPS) is 20.4. The molecule has 2 unspecified atom stereocenters. The van der Waals surface area contributed by atoms with Crippen molar-refractivity contribution in [3.05, 3.63) is 71.3 Å². The summed E-state index contributed by atoms with van der Waals surface area (Å²) in [6, 6.07) is 17.4. The number of carbonyl (C=O) groups is 1. The van der Waals surface area contributed by atoms with Gasteiger partial charge in [-0.2, -0.15) is 0 Å². The Kier molecular flexibility index (Phi) is 5.68. The summed E-state index contributed by atoms with van der Waals surface area (Å²) in [5.74, 6) is 0.458. The van der Waals surface area contributed by atoms with E-state index in [1.807, 2.05) is 89.2 Å². The minimum Gasteiger partial charge on any atom is -0.481 e. The third-order valence-electron chi connectivity index (χ3n) is 5.97. The van der Waals surface area contributed by atoms with Gasteiger partial charge in [0.1, 0.15) is 11.5 Å². The Morgan fingerprint density at radius 1 is 1.03 bits per heavy atom. The Hall–Kier alpha value is -2.46. The van der Waals surface area contributed by atoms with E-state index in [-0.39, 0.29) is 11.3 Å². The summed E-state index contributed by atoms with van der Waals surface area (Å²) in [4.78, 5) is 13.2. The smallest absolute Gasteiger partial charge is 0.314 e. The minimum atomic E-state index is -0.882. The maximum absolute atomic E-state index is 12.4. The lowest BCUT2D eigenvalue weighted by atomic mass is 9.74. The van der Waals surface area contributed by atoms with Gasteiger partial charge in [0.25, 0.3) is 0 Å². The molecule has 3 rings (SSSR count). The Bertz CT molecular complexity index is 971. The van der Waals surface area contributed by atoms with Crippen LogP contribution in [-0.4, -0.2) is 15.9 Å². The highest BCUT2D eigenvalue weighted by Crippen LogP contribution is 2.70. The SMILES string of the molecule is CC(=S)C(C(=C(C)C)C1(C(=O)O)CC1(C)C)c1cccc(Oc2ccccc2)c1. The van der Waals surface area contributed by atoms with Gasteiger partial charge in [-0.05, 0) is 68.0 Å². The van der Waals surface area contributed by atoms with Gasteiger partial charge in [0.05, 0.1) is 5.41 Å². The second-order valence-electron chi connectivity index (χ2n) is 8.72. The number of hydrogen-bond donors (Lipinski definition) is 1. The van der Waals surface area contributed by atoms with Crippen molar-refractivity contribution in [2.24, 2.45) is 10.8 Å². The molecule has 1 aliphatic carbocycles. The van der Waals surface area contributed by atoms with E-state index in [2.05, 4.69) is 0 Å². The second-order valence-corrected chi connectivity index (χ2v) is 9.36. The monoisotopic (exact) mass is 408 g/mol. The van der Waals surface area contributed by atoms with Crippen LogP contribution in [0.3, 0.4) is 0 Å². The summed E-state index contributed by atoms with van der Waals surface area (Å²) >= 11 is 5.66. The van der Waals surface area contributed by atoms with E-state index >= 15 is 0 Å². The van der Waals surface area contributed by atoms with Crippen molar-refractivity contribution in [1.29, 1.82) is 0 Å². The van der Waals surface area contributed by atoms with E-state index in [1.165, 1.54) is 0 Å². The number of ether oxygens (including phenoxy) is 1. The fourth-order valence-corrected chi connectivity index (χ4v) is 4.76. The Morgan fingerprint density at radius 2 is 1.62 bits per heavy atom. The molecule has 4 heteroatoms. The fraction of sp³-hybridized carbons (Fsp3) is 0.360. The number of carboxylic acids is 1. The van der Waals surface area contributed by atoms with E-state index in [0.29, 0.717) is 12.2 Å². The van der Waals surface area contributed by atoms with Gasteiger partial charge in [-0.25, -0.2) is 0 Å². The van der Waals surface area contributed by atoms with Gasteiger partial charge < -0.3 is 9.84 Å². The molecule has 2 aromatic carbocycles. The number of carboxylic acid groups (broad SMARTS) is 1. The van der Waals surface area contributed by atoms with Crippen molar-refractivity contribution in [3.8, 4) is 11.5 Å². The zero-order chi connectivity index (χ0) is 21.4. The van der Waals surface area contributed by atoms with Crippen molar-refractivity contribution in [3.63, 3.8) is 0 Å². The number of rotatable bonds is 7. The van der Waals surface area contributed by atoms with Gasteiger partial charge in [0.2, 0.25) is 0 Å². The first-order chi connectivity index (χ1) is 13.6. The number of benzene rings is 2. The third kappa shape index (κ3) is 3.86. The van der Waals surface area contributed by atoms with Crippen LogP contribution in [0.4, 0.5) is 0 Å². The molecule has 1 saturated carbocycles. The quantitative estimate of drug-likeness (QED) is 0.405. The van der Waals surface area contributed by atoms with Crippen molar-refractivity contribution in [2.45, 2.75) is 47.0 Å². The minimum absolute atomic E-state index is 0.243. The van der Waals surface area contributed by atoms with Crippen LogP contribution >= 0.6 is 12.2 Å². The molecule has 0 bridgehead atoms. The third-order valence-corrected chi connectivity index (χ3v) is 6.20. The van der Waals surface area contributed by atoms with Gasteiger partial charge in [-0.1, -0.05) is 62.0 Å². The Morgan fingerprint density at radius 3 is 2.10 bits per heavy atom. The predicted molar refractivity (Wildman–Crippen MR) is 121 cm³/mol. The standard InChI is InChI=1S/C25H28O3S/c1-16(2)22(25(23(26)27)15-24(25,4)5)21(17(3)29)18-10-9-13-20(14-18)28-19-11-7-6-8-12-19/h6-14,21H,15H2,1-5H3,(H,26,27). The molecule has 1 fully saturated rings. The lowest BCUT2D eigenvalue weighted by Gasteiger charge is -2.30. The van der Waals surface area contributed by atoms with Gasteiger partial charge in [0.15, 0.2) is 0 Å². The Labute approximate surface area is 178 Å². The molecule has 29 heavy (non-hydrogen) atoms. The van der Waals surface area contributed by atoms with Gasteiger partial charge >= 0.3 is 5.97 Å². The van der Waals surface area contributed by atoms with Crippen LogP contribution in [0.15, 0.2) is 65.7 Å². The average Bonchev–Trinajstić information content (AvgIpc) is 3.23. The molecule has 1 aliphatic rings. The van der Waals surface area contributed by atoms with Crippen LogP contribution in [0.2, 0.25) is 0 Å². The lowest BCUT2D eigenvalue weighted by molar-refractivity contribution is -0.143. The first-order valence-corrected chi connectivity index (χ1v) is 10.3. The fourth-order valence-electron chi connectivity index (χ4n) is 4.51. The van der Waals surface area contributed by atoms with E-state index < -0.39 is 11.4 Å². The molecule has 2 aromatic rings. The van der Waals surface area contributed by atoms with E-state index in [4.69, 9.17) is 17.0 Å². The summed E-state index contributed by atoms with van der Waals surface area (Å²) in [7, 11) is 0. The molecule has 0 saturated heterocycles. The molecule has 2 atom stereocenters. The van der Waals surface area contributed by atoms with Gasteiger partial charge in [-0.15, -0.1) is 0 Å². The number of hydrogen-bond acceptors (Lipinski definition) is 3. The first-order valence-electron chi connectivity index (χ1n) is 9.85. The van der Waals surface area contributed by atoms with Crippen LogP contribution in [0, 0.1) is 10.8 Å². The summed E-state index contributed by atoms with van der Waals surface area (Å²) in [5.41, 5.74) is 1.71. The van der Waals surface area contributed by atoms with Crippen LogP contribution in [0.25, 0.3) is 0 Å². The summed E-state index contributed by atoms with van der Waals surface area (Å²) in [6.07, 6.45) is 0.620. The molecule has 0 radical (unpaired) electrons. The molecular weight excluding hydrogens is 380 g/mol. The largest absolute Gasteiger partial charge is 0.481 e. The predicted octanol–water partition coefficient (Wildman–Crippen LogP) is 6.79. The highest BCUT2D eigenvalue weighted by Gasteiger charge is 2.69. The molecule has 3 nitrogen and oxygen atoms in total. The zero-order valence-electron chi connectivity index (χ0n) is 17.7. The maximum Gasteiger partial charge on any atom is 0.314 e. The topological polar surface area (TPSA) is 46.5 Å². The van der Waals surface area contributed by atoms with Crippen LogP contribution < -0.4 is 4.74 Å². The Balaban J connectivity index is 2.06. The number of allylic oxidation sites excluding steroid dienone is 1. The molecule has 0 aliphatic heterocycles.